The molecule has 2 amide bonds. The number of amides is 2. The molecule has 13 heteroatoms. The van der Waals surface area contributed by atoms with Gasteiger partial charge in [0.1, 0.15) is 11.1 Å². The van der Waals surface area contributed by atoms with E-state index in [4.69, 9.17) is 11.6 Å². The minimum absolute atomic E-state index is 0.0273. The Hall–Kier alpha value is -1.89. The quantitative estimate of drug-likeness (QED) is 0.394. The smallest absolute Gasteiger partial charge is 0.288 e. The van der Waals surface area contributed by atoms with Crippen molar-refractivity contribution in [1.82, 2.24) is 14.9 Å². The Balaban J connectivity index is 2.04. The lowest BCUT2D eigenvalue weighted by Gasteiger charge is -2.31. The minimum Gasteiger partial charge on any atom is -0.351 e. The van der Waals surface area contributed by atoms with Crippen molar-refractivity contribution in [2.45, 2.75) is 31.3 Å². The van der Waals surface area contributed by atoms with Crippen LogP contribution in [0, 0.1) is 10.1 Å². The Morgan fingerprint density at radius 3 is 2.55 bits per heavy atom. The number of hydrogen-bond acceptors (Lipinski definition) is 7. The monoisotopic (exact) mass is 492 g/mol. The van der Waals surface area contributed by atoms with Crippen LogP contribution in [0.4, 0.5) is 5.69 Å². The molecule has 0 radical (unpaired) electrons. The van der Waals surface area contributed by atoms with Crippen LogP contribution in [0.1, 0.15) is 29.6 Å². The largest absolute Gasteiger partial charge is 0.351 e. The van der Waals surface area contributed by atoms with Crippen molar-refractivity contribution in [3.8, 4) is 0 Å². The molecule has 1 aromatic carbocycles. The molecule has 2 N–H and O–H groups in total. The van der Waals surface area contributed by atoms with Gasteiger partial charge >= 0.3 is 0 Å². The number of nitrogens with one attached hydrogen (secondary N) is 2. The fourth-order valence-corrected chi connectivity index (χ4v) is 4.71. The number of carbonyl (C=O) groups is 2. The summed E-state index contributed by atoms with van der Waals surface area (Å²) in [5.41, 5.74) is -0.364. The Morgan fingerprint density at radius 1 is 1.35 bits per heavy atom. The van der Waals surface area contributed by atoms with E-state index in [-0.39, 0.29) is 22.5 Å². The highest BCUT2D eigenvalue weighted by Crippen LogP contribution is 2.25. The van der Waals surface area contributed by atoms with Gasteiger partial charge in [-0.15, -0.1) is 0 Å². The van der Waals surface area contributed by atoms with Crippen molar-refractivity contribution in [3.63, 3.8) is 0 Å². The first-order chi connectivity index (χ1) is 14.5. The number of nitrogens with zero attached hydrogens (tertiary/aromatic N) is 2. The van der Waals surface area contributed by atoms with E-state index >= 15 is 0 Å². The van der Waals surface area contributed by atoms with Gasteiger partial charge in [0.05, 0.1) is 11.2 Å². The number of nitro benzene ring substituents is 1. The lowest BCUT2D eigenvalue weighted by molar-refractivity contribution is -0.384. The first-order valence-corrected chi connectivity index (χ1v) is 13.1. The molecule has 1 saturated heterocycles. The molecule has 10 nitrogen and oxygen atoms in total. The van der Waals surface area contributed by atoms with Crippen molar-refractivity contribution >= 4 is 50.9 Å². The van der Waals surface area contributed by atoms with Gasteiger partial charge in [-0.2, -0.15) is 11.8 Å². The average molecular weight is 493 g/mol. The molecule has 0 saturated carbocycles. The molecule has 1 unspecified atom stereocenters. The third-order valence-corrected chi connectivity index (χ3v) is 7.17. The first-order valence-electron chi connectivity index (χ1n) is 9.52. The summed E-state index contributed by atoms with van der Waals surface area (Å²) in [6.45, 7) is 0.639. The molecule has 0 aromatic heterocycles. The Morgan fingerprint density at radius 2 is 2.00 bits per heavy atom. The Kier molecular flexibility index (Phi) is 9.10. The Bertz CT molecular complexity index is 935. The zero-order valence-electron chi connectivity index (χ0n) is 17.2. The van der Waals surface area contributed by atoms with Crippen LogP contribution >= 0.6 is 23.4 Å². The maximum Gasteiger partial charge on any atom is 0.288 e. The van der Waals surface area contributed by atoms with Crippen LogP contribution in [0.3, 0.4) is 0 Å². The first kappa shape index (κ1) is 25.4. The van der Waals surface area contributed by atoms with Crippen LogP contribution in [-0.2, 0) is 14.8 Å². The van der Waals surface area contributed by atoms with Gasteiger partial charge in [-0.05, 0) is 43.4 Å². The molecule has 1 aliphatic heterocycles. The standard InChI is InChI=1S/C18H25ClN4O6S2/c1-30-10-7-15(18(25)20-13-5-8-22(9-6-13)31(2,28)29)21-17(24)12-3-4-14(19)16(11-12)23(26)27/h3-4,11,13,15H,5-10H2,1-2H3,(H,20,25)(H,21,24). The van der Waals surface area contributed by atoms with Crippen molar-refractivity contribution < 1.29 is 22.9 Å². The van der Waals surface area contributed by atoms with E-state index in [0.29, 0.717) is 38.1 Å². The molecular formula is C18H25ClN4O6S2. The summed E-state index contributed by atoms with van der Waals surface area (Å²) in [7, 11) is -3.26. The number of thioether (sulfide) groups is 1. The zero-order valence-corrected chi connectivity index (χ0v) is 19.6. The van der Waals surface area contributed by atoms with E-state index in [0.717, 1.165) is 12.3 Å². The molecule has 0 aliphatic carbocycles. The minimum atomic E-state index is -3.26. The fraction of sp³-hybridized carbons (Fsp3) is 0.556. The Labute approximate surface area is 190 Å². The number of halogens is 1. The third-order valence-electron chi connectivity index (χ3n) is 4.91. The van der Waals surface area contributed by atoms with Gasteiger partial charge in [0.15, 0.2) is 0 Å². The molecule has 1 fully saturated rings. The third kappa shape index (κ3) is 7.34. The van der Waals surface area contributed by atoms with Gasteiger partial charge in [-0.3, -0.25) is 19.7 Å². The molecule has 0 bridgehead atoms. The topological polar surface area (TPSA) is 139 Å². The van der Waals surface area contributed by atoms with Gasteiger partial charge in [0.2, 0.25) is 15.9 Å². The van der Waals surface area contributed by atoms with Crippen molar-refractivity contribution in [2.75, 3.05) is 31.4 Å². The zero-order chi connectivity index (χ0) is 23.2. The molecule has 0 spiro atoms. The van der Waals surface area contributed by atoms with Gasteiger partial charge in [0, 0.05) is 30.8 Å². The lowest BCUT2D eigenvalue weighted by Crippen LogP contribution is -2.52. The predicted molar refractivity (Wildman–Crippen MR) is 120 cm³/mol. The summed E-state index contributed by atoms with van der Waals surface area (Å²) >= 11 is 7.30. The summed E-state index contributed by atoms with van der Waals surface area (Å²) in [6, 6.07) is 2.66. The van der Waals surface area contributed by atoms with E-state index < -0.39 is 32.6 Å². The van der Waals surface area contributed by atoms with Crippen LogP contribution < -0.4 is 10.6 Å². The summed E-state index contributed by atoms with van der Waals surface area (Å²) in [5, 5.41) is 16.5. The molecule has 172 valence electrons. The van der Waals surface area contributed by atoms with E-state index in [1.165, 1.54) is 28.2 Å². The average Bonchev–Trinajstić information content (AvgIpc) is 2.70. The molecule has 1 heterocycles. The normalized spacial score (nSPS) is 16.5. The summed E-state index contributed by atoms with van der Waals surface area (Å²) in [5.74, 6) is -0.373. The van der Waals surface area contributed by atoms with Crippen molar-refractivity contribution in [1.29, 1.82) is 0 Å². The van der Waals surface area contributed by atoms with Crippen LogP contribution in [-0.4, -0.2) is 72.9 Å². The number of benzene rings is 1. The van der Waals surface area contributed by atoms with Gasteiger partial charge in [-0.1, -0.05) is 11.6 Å². The van der Waals surface area contributed by atoms with Gasteiger partial charge in [-0.25, -0.2) is 12.7 Å². The number of nitro groups is 1. The van der Waals surface area contributed by atoms with Crippen molar-refractivity contribution in [3.05, 3.63) is 38.9 Å². The lowest BCUT2D eigenvalue weighted by atomic mass is 10.1. The summed E-state index contributed by atoms with van der Waals surface area (Å²) < 4.78 is 24.6. The summed E-state index contributed by atoms with van der Waals surface area (Å²) in [6.07, 6.45) is 4.36. The molecule has 1 aliphatic rings. The van der Waals surface area contributed by atoms with Crippen LogP contribution in [0.15, 0.2) is 18.2 Å². The van der Waals surface area contributed by atoms with Crippen LogP contribution in [0.25, 0.3) is 0 Å². The highest BCUT2D eigenvalue weighted by Gasteiger charge is 2.29. The maximum absolute atomic E-state index is 12.8. The SMILES string of the molecule is CSCCC(NC(=O)c1ccc(Cl)c([N+](=O)[O-])c1)C(=O)NC1CCN(S(C)(=O)=O)CC1. The van der Waals surface area contributed by atoms with E-state index in [1.807, 2.05) is 6.26 Å². The number of piperidine rings is 1. The second-order valence-corrected chi connectivity index (χ2v) is 10.6. The second-order valence-electron chi connectivity index (χ2n) is 7.18. The number of carbonyl (C=O) groups excluding carboxylic acids is 2. The van der Waals surface area contributed by atoms with E-state index in [1.54, 1.807) is 0 Å². The number of hydrogen-bond donors (Lipinski definition) is 2. The fourth-order valence-electron chi connectivity index (χ4n) is 3.17. The van der Waals surface area contributed by atoms with E-state index in [2.05, 4.69) is 10.6 Å². The molecule has 31 heavy (non-hydrogen) atoms. The van der Waals surface area contributed by atoms with E-state index in [9.17, 15) is 28.1 Å². The molecule has 1 atom stereocenters. The molecule has 1 aromatic rings. The van der Waals surface area contributed by atoms with Crippen molar-refractivity contribution in [2.24, 2.45) is 0 Å². The van der Waals surface area contributed by atoms with Crippen LogP contribution in [0.5, 0.6) is 0 Å². The molecular weight excluding hydrogens is 468 g/mol. The highest BCUT2D eigenvalue weighted by molar-refractivity contribution is 7.98. The van der Waals surface area contributed by atoms with Gasteiger partial charge < -0.3 is 10.6 Å². The van der Waals surface area contributed by atoms with Crippen LogP contribution in [0.2, 0.25) is 5.02 Å². The maximum atomic E-state index is 12.8. The molecule has 2 rings (SSSR count). The highest BCUT2D eigenvalue weighted by atomic mass is 35.5. The predicted octanol–water partition coefficient (Wildman–Crippen LogP) is 1.64. The number of sulfonamides is 1. The van der Waals surface area contributed by atoms with Gasteiger partial charge in [0.25, 0.3) is 11.6 Å². The number of rotatable bonds is 9. The second kappa shape index (κ2) is 11.1. The summed E-state index contributed by atoms with van der Waals surface area (Å²) in [4.78, 5) is 35.8.